The summed E-state index contributed by atoms with van der Waals surface area (Å²) in [7, 11) is 0. The molecule has 3 heterocycles. The van der Waals surface area contributed by atoms with Gasteiger partial charge in [0, 0.05) is 13.1 Å². The van der Waals surface area contributed by atoms with Crippen LogP contribution in [0.15, 0.2) is 12.1 Å². The fourth-order valence-electron chi connectivity index (χ4n) is 4.58. The molecule has 1 aromatic carbocycles. The van der Waals surface area contributed by atoms with Crippen LogP contribution in [0.25, 0.3) is 0 Å². The first-order valence-electron chi connectivity index (χ1n) is 10.3. The minimum atomic E-state index is -3.08. The van der Waals surface area contributed by atoms with Crippen LogP contribution < -0.4 is 14.7 Å². The Bertz CT molecular complexity index is 882. The largest absolute Gasteiger partial charge is 0.669 e. The zero-order chi connectivity index (χ0) is 21.0. The fraction of sp³-hybridized carbons (Fsp3) is 0.579. The molecule has 1 saturated carbocycles. The van der Waals surface area contributed by atoms with Crippen LogP contribution in [0, 0.1) is 0 Å². The Kier molecular flexibility index (Phi) is 4.66. The van der Waals surface area contributed by atoms with Crippen LogP contribution in [-0.4, -0.2) is 83.7 Å². The minimum absolute atomic E-state index is 0.0244. The molecule has 1 amide bonds. The summed E-state index contributed by atoms with van der Waals surface area (Å²) < 4.78 is 16.7. The lowest BCUT2D eigenvalue weighted by atomic mass is 9.68. The SMILES string of the molecule is O=C(O)c1c(OC2CN(C(=O)C[C@H]3CNCCO3)C2)ccc2c1O[B-](O)(O)[C@@H]1C[C@H]21. The molecule has 162 valence electrons. The first kappa shape index (κ1) is 19.6. The molecule has 1 aliphatic carbocycles. The Labute approximate surface area is 172 Å². The summed E-state index contributed by atoms with van der Waals surface area (Å²) in [5, 5.41) is 33.1. The number of rotatable bonds is 5. The van der Waals surface area contributed by atoms with E-state index >= 15 is 0 Å². The molecule has 3 atom stereocenters. The van der Waals surface area contributed by atoms with Gasteiger partial charge in [-0.25, -0.2) is 4.79 Å². The van der Waals surface area contributed by atoms with E-state index in [1.54, 1.807) is 17.0 Å². The second kappa shape index (κ2) is 7.12. The molecule has 10 nitrogen and oxygen atoms in total. The van der Waals surface area contributed by atoms with Gasteiger partial charge in [0.25, 0.3) is 0 Å². The summed E-state index contributed by atoms with van der Waals surface area (Å²) in [5.74, 6) is -1.71. The molecule has 0 bridgehead atoms. The number of carboxylic acids is 1. The zero-order valence-corrected chi connectivity index (χ0v) is 16.3. The number of amides is 1. The van der Waals surface area contributed by atoms with E-state index in [1.165, 1.54) is 0 Å². The maximum absolute atomic E-state index is 12.4. The van der Waals surface area contributed by atoms with Crippen molar-refractivity contribution in [1.82, 2.24) is 10.2 Å². The molecule has 30 heavy (non-hydrogen) atoms. The molecule has 0 spiro atoms. The van der Waals surface area contributed by atoms with E-state index in [-0.39, 0.29) is 46.9 Å². The van der Waals surface area contributed by atoms with Gasteiger partial charge < -0.3 is 39.5 Å². The molecule has 11 heteroatoms. The van der Waals surface area contributed by atoms with Crippen molar-refractivity contribution in [3.63, 3.8) is 0 Å². The molecule has 0 unspecified atom stereocenters. The summed E-state index contributed by atoms with van der Waals surface area (Å²) in [6.07, 6.45) is 0.380. The highest BCUT2D eigenvalue weighted by Gasteiger charge is 2.55. The molecule has 4 aliphatic rings. The third-order valence-corrected chi connectivity index (χ3v) is 6.35. The van der Waals surface area contributed by atoms with Crippen molar-refractivity contribution in [3.05, 3.63) is 23.3 Å². The van der Waals surface area contributed by atoms with Gasteiger partial charge in [0.15, 0.2) is 0 Å². The van der Waals surface area contributed by atoms with Crippen molar-refractivity contribution in [2.24, 2.45) is 0 Å². The Morgan fingerprint density at radius 2 is 2.10 bits per heavy atom. The van der Waals surface area contributed by atoms with Crippen LogP contribution in [-0.2, 0) is 9.53 Å². The lowest BCUT2D eigenvalue weighted by Gasteiger charge is -2.41. The number of nitrogens with zero attached hydrogens (tertiary/aromatic N) is 1. The summed E-state index contributed by atoms with van der Waals surface area (Å²) in [5.41, 5.74) is 0.454. The second-order valence-electron chi connectivity index (χ2n) is 8.49. The van der Waals surface area contributed by atoms with Crippen LogP contribution in [0.4, 0.5) is 0 Å². The van der Waals surface area contributed by atoms with Gasteiger partial charge in [-0.1, -0.05) is 18.3 Å². The van der Waals surface area contributed by atoms with Crippen LogP contribution >= 0.6 is 0 Å². The predicted molar refractivity (Wildman–Crippen MR) is 104 cm³/mol. The quantitative estimate of drug-likeness (QED) is 0.467. The summed E-state index contributed by atoms with van der Waals surface area (Å²) >= 11 is 0. The lowest BCUT2D eigenvalue weighted by molar-refractivity contribution is -0.143. The first-order valence-corrected chi connectivity index (χ1v) is 10.3. The number of hydrogen-bond acceptors (Lipinski definition) is 8. The van der Waals surface area contributed by atoms with E-state index in [9.17, 15) is 24.7 Å². The number of carbonyl (C=O) groups is 2. The number of ether oxygens (including phenoxy) is 2. The average Bonchev–Trinajstić information content (AvgIpc) is 3.46. The fourth-order valence-corrected chi connectivity index (χ4v) is 4.58. The van der Waals surface area contributed by atoms with Crippen LogP contribution in [0.3, 0.4) is 0 Å². The standard InChI is InChI=1S/C19H24BN2O8/c23-16(5-10-7-21-3-4-28-10)22-8-11(9-22)29-15-2-1-12-13-6-14(13)20(26,27)30-18(12)17(15)19(24)25/h1-2,10-11,13-14,21,26-27H,3-9H2,(H,24,25)/q-1/t10-,13+,14+/m0/s1. The maximum Gasteiger partial charge on any atom is 0.434 e. The minimum Gasteiger partial charge on any atom is -0.669 e. The molecule has 3 fully saturated rings. The summed E-state index contributed by atoms with van der Waals surface area (Å²) in [4.78, 5) is 25.9. The number of hydrogen-bond donors (Lipinski definition) is 4. The van der Waals surface area contributed by atoms with Crippen LogP contribution in [0.5, 0.6) is 11.5 Å². The predicted octanol–water partition coefficient (Wildman–Crippen LogP) is -0.474. The molecular formula is C19H24BN2O8-. The van der Waals surface area contributed by atoms with Crippen molar-refractivity contribution < 1.29 is 38.9 Å². The normalized spacial score (nSPS) is 29.1. The van der Waals surface area contributed by atoms with Crippen LogP contribution in [0.1, 0.15) is 34.7 Å². The number of nitrogens with one attached hydrogen (secondary N) is 1. The highest BCUT2D eigenvalue weighted by molar-refractivity contribution is 6.62. The van der Waals surface area contributed by atoms with Gasteiger partial charge in [-0.3, -0.25) is 4.79 Å². The number of fused-ring (bicyclic) bond motifs is 3. The lowest BCUT2D eigenvalue weighted by Crippen LogP contribution is -2.57. The number of aromatic carboxylic acids is 1. The third kappa shape index (κ3) is 3.41. The van der Waals surface area contributed by atoms with E-state index < -0.39 is 12.7 Å². The number of carboxylic acid groups (broad SMARTS) is 1. The number of morpholine rings is 1. The van der Waals surface area contributed by atoms with Crippen molar-refractivity contribution >= 4 is 18.6 Å². The van der Waals surface area contributed by atoms with Crippen molar-refractivity contribution in [2.75, 3.05) is 32.8 Å². The van der Waals surface area contributed by atoms with E-state index in [0.29, 0.717) is 44.6 Å². The monoisotopic (exact) mass is 419 g/mol. The Morgan fingerprint density at radius 1 is 1.30 bits per heavy atom. The Hall–Kier alpha value is -2.34. The number of likely N-dealkylation sites (tertiary alicyclic amines) is 1. The first-order chi connectivity index (χ1) is 14.3. The van der Waals surface area contributed by atoms with Crippen molar-refractivity contribution in [1.29, 1.82) is 0 Å². The van der Waals surface area contributed by atoms with Crippen molar-refractivity contribution in [2.45, 2.75) is 36.8 Å². The highest BCUT2D eigenvalue weighted by atomic mass is 16.6. The topological polar surface area (TPSA) is 138 Å². The molecule has 4 N–H and O–H groups in total. The van der Waals surface area contributed by atoms with Gasteiger partial charge in [-0.2, -0.15) is 0 Å². The number of carbonyl (C=O) groups excluding carboxylic acids is 1. The zero-order valence-electron chi connectivity index (χ0n) is 16.3. The molecule has 5 rings (SSSR count). The molecule has 0 aromatic heterocycles. The maximum atomic E-state index is 12.4. The highest BCUT2D eigenvalue weighted by Crippen LogP contribution is 2.63. The van der Waals surface area contributed by atoms with Gasteiger partial charge in [-0.05, 0) is 17.5 Å². The van der Waals surface area contributed by atoms with Gasteiger partial charge >= 0.3 is 12.7 Å². The molecule has 1 aromatic rings. The van der Waals surface area contributed by atoms with E-state index in [2.05, 4.69) is 5.32 Å². The van der Waals surface area contributed by atoms with E-state index in [1.807, 2.05) is 0 Å². The number of benzene rings is 1. The third-order valence-electron chi connectivity index (χ3n) is 6.35. The molecule has 0 radical (unpaired) electrons. The Balaban J connectivity index is 1.25. The summed E-state index contributed by atoms with van der Waals surface area (Å²) in [6.45, 7) is -0.341. The van der Waals surface area contributed by atoms with E-state index in [4.69, 9.17) is 14.1 Å². The second-order valence-corrected chi connectivity index (χ2v) is 8.49. The van der Waals surface area contributed by atoms with Crippen LogP contribution in [0.2, 0.25) is 5.82 Å². The van der Waals surface area contributed by atoms with Gasteiger partial charge in [-0.15, -0.1) is 0 Å². The van der Waals surface area contributed by atoms with Crippen molar-refractivity contribution in [3.8, 4) is 11.5 Å². The molecular weight excluding hydrogens is 395 g/mol. The van der Waals surface area contributed by atoms with Gasteiger partial charge in [0.05, 0.1) is 38.0 Å². The Morgan fingerprint density at radius 3 is 2.80 bits per heavy atom. The summed E-state index contributed by atoms with van der Waals surface area (Å²) in [6, 6.07) is 3.31. The van der Waals surface area contributed by atoms with Gasteiger partial charge in [0.1, 0.15) is 17.4 Å². The molecule has 3 aliphatic heterocycles. The average molecular weight is 419 g/mol. The van der Waals surface area contributed by atoms with Gasteiger partial charge in [0.2, 0.25) is 5.91 Å². The smallest absolute Gasteiger partial charge is 0.434 e. The van der Waals surface area contributed by atoms with E-state index in [0.717, 1.165) is 6.54 Å². The molecule has 2 saturated heterocycles.